The van der Waals surface area contributed by atoms with Crippen molar-refractivity contribution in [2.45, 2.75) is 45.4 Å². The van der Waals surface area contributed by atoms with Crippen LogP contribution in [-0.4, -0.2) is 30.7 Å². The first kappa shape index (κ1) is 25.8. The summed E-state index contributed by atoms with van der Waals surface area (Å²) in [5.41, 5.74) is 3.97. The van der Waals surface area contributed by atoms with E-state index in [2.05, 4.69) is 10.6 Å². The SMILES string of the molecule is COC(=O)Cc1cccc2c1OC(c1cccc(-c3cccc(CNC(=O)OC(C)(C)C)c3)c1)C(=O)N2. The van der Waals surface area contributed by atoms with Gasteiger partial charge in [0.2, 0.25) is 6.10 Å². The molecule has 0 spiro atoms. The number of fused-ring (bicyclic) bond motifs is 1. The third-order valence-corrected chi connectivity index (χ3v) is 5.68. The Morgan fingerprint density at radius 3 is 2.43 bits per heavy atom. The molecule has 0 aliphatic carbocycles. The van der Waals surface area contributed by atoms with Crippen molar-refractivity contribution >= 4 is 23.7 Å². The quantitative estimate of drug-likeness (QED) is 0.451. The van der Waals surface area contributed by atoms with Gasteiger partial charge in [-0.3, -0.25) is 9.59 Å². The number of benzene rings is 3. The fourth-order valence-electron chi connectivity index (χ4n) is 4.01. The van der Waals surface area contributed by atoms with E-state index in [1.807, 2.05) is 69.3 Å². The van der Waals surface area contributed by atoms with Crippen molar-refractivity contribution in [1.29, 1.82) is 0 Å². The van der Waals surface area contributed by atoms with E-state index in [0.29, 0.717) is 29.1 Å². The van der Waals surface area contributed by atoms with E-state index in [1.54, 1.807) is 18.2 Å². The van der Waals surface area contributed by atoms with Crippen LogP contribution in [0.3, 0.4) is 0 Å². The van der Waals surface area contributed by atoms with Crippen LogP contribution in [-0.2, 0) is 32.0 Å². The number of methoxy groups -OCH3 is 1. The highest BCUT2D eigenvalue weighted by atomic mass is 16.6. The van der Waals surface area contributed by atoms with Gasteiger partial charge >= 0.3 is 12.1 Å². The number of para-hydroxylation sites is 1. The molecule has 8 heteroatoms. The second-order valence-electron chi connectivity index (χ2n) is 9.72. The third kappa shape index (κ3) is 6.46. The molecular formula is C29H30N2O6. The summed E-state index contributed by atoms with van der Waals surface area (Å²) in [4.78, 5) is 36.8. The third-order valence-electron chi connectivity index (χ3n) is 5.68. The lowest BCUT2D eigenvalue weighted by Crippen LogP contribution is -2.32. The van der Waals surface area contributed by atoms with Crippen LogP contribution < -0.4 is 15.4 Å². The molecule has 37 heavy (non-hydrogen) atoms. The van der Waals surface area contributed by atoms with Crippen molar-refractivity contribution in [3.63, 3.8) is 0 Å². The predicted molar refractivity (Wildman–Crippen MR) is 139 cm³/mol. The fraction of sp³-hybridized carbons (Fsp3) is 0.276. The minimum Gasteiger partial charge on any atom is -0.473 e. The lowest BCUT2D eigenvalue weighted by atomic mass is 9.98. The van der Waals surface area contributed by atoms with Gasteiger partial charge in [-0.1, -0.05) is 48.5 Å². The summed E-state index contributed by atoms with van der Waals surface area (Å²) in [7, 11) is 1.33. The van der Waals surface area contributed by atoms with Crippen LogP contribution in [0.15, 0.2) is 66.7 Å². The van der Waals surface area contributed by atoms with Crippen LogP contribution in [0.4, 0.5) is 10.5 Å². The normalized spacial score (nSPS) is 14.6. The second kappa shape index (κ2) is 10.7. The van der Waals surface area contributed by atoms with E-state index in [4.69, 9.17) is 14.2 Å². The van der Waals surface area contributed by atoms with Crippen LogP contribution in [0.25, 0.3) is 11.1 Å². The molecule has 1 aliphatic heterocycles. The number of ether oxygens (including phenoxy) is 3. The summed E-state index contributed by atoms with van der Waals surface area (Å²) < 4.78 is 16.2. The molecule has 192 valence electrons. The van der Waals surface area contributed by atoms with Gasteiger partial charge < -0.3 is 24.8 Å². The van der Waals surface area contributed by atoms with Crippen LogP contribution in [0.5, 0.6) is 5.75 Å². The first-order valence-corrected chi connectivity index (χ1v) is 12.0. The molecule has 2 N–H and O–H groups in total. The number of alkyl carbamates (subject to hydrolysis) is 1. The summed E-state index contributed by atoms with van der Waals surface area (Å²) in [6.07, 6.45) is -1.33. The molecule has 0 saturated heterocycles. The van der Waals surface area contributed by atoms with E-state index in [0.717, 1.165) is 16.7 Å². The molecular weight excluding hydrogens is 472 g/mol. The van der Waals surface area contributed by atoms with E-state index in [9.17, 15) is 14.4 Å². The highest BCUT2D eigenvalue weighted by molar-refractivity contribution is 5.99. The number of carbonyl (C=O) groups excluding carboxylic acids is 3. The number of hydrogen-bond donors (Lipinski definition) is 2. The van der Waals surface area contributed by atoms with Crippen molar-refractivity contribution in [2.75, 3.05) is 12.4 Å². The molecule has 0 saturated carbocycles. The van der Waals surface area contributed by atoms with Gasteiger partial charge in [0.1, 0.15) is 11.4 Å². The highest BCUT2D eigenvalue weighted by Gasteiger charge is 2.31. The Hall–Kier alpha value is -4.33. The molecule has 0 bridgehead atoms. The zero-order valence-corrected chi connectivity index (χ0v) is 21.3. The lowest BCUT2D eigenvalue weighted by Gasteiger charge is -2.28. The monoisotopic (exact) mass is 502 g/mol. The average molecular weight is 503 g/mol. The van der Waals surface area contributed by atoms with E-state index in [1.165, 1.54) is 7.11 Å². The van der Waals surface area contributed by atoms with Crippen molar-refractivity contribution in [2.24, 2.45) is 0 Å². The molecule has 1 atom stereocenters. The fourth-order valence-corrected chi connectivity index (χ4v) is 4.01. The van der Waals surface area contributed by atoms with Gasteiger partial charge in [0.15, 0.2) is 0 Å². The molecule has 0 radical (unpaired) electrons. The van der Waals surface area contributed by atoms with Gasteiger partial charge in [-0.15, -0.1) is 0 Å². The molecule has 1 heterocycles. The molecule has 4 rings (SSSR count). The van der Waals surface area contributed by atoms with Crippen LogP contribution in [0, 0.1) is 0 Å². The van der Waals surface area contributed by atoms with E-state index in [-0.39, 0.29) is 12.3 Å². The van der Waals surface area contributed by atoms with Gasteiger partial charge in [-0.05, 0) is 55.7 Å². The molecule has 1 aliphatic rings. The van der Waals surface area contributed by atoms with Crippen LogP contribution in [0.2, 0.25) is 0 Å². The number of hydrogen-bond acceptors (Lipinski definition) is 6. The summed E-state index contributed by atoms with van der Waals surface area (Å²) in [5, 5.41) is 5.65. The molecule has 1 unspecified atom stereocenters. The van der Waals surface area contributed by atoms with Gasteiger partial charge in [0, 0.05) is 17.7 Å². The summed E-state index contributed by atoms with van der Waals surface area (Å²) in [5.74, 6) is -0.234. The van der Waals surface area contributed by atoms with Gasteiger partial charge in [-0.25, -0.2) is 4.79 Å². The van der Waals surface area contributed by atoms with Gasteiger partial charge in [0.25, 0.3) is 5.91 Å². The highest BCUT2D eigenvalue weighted by Crippen LogP contribution is 2.38. The Morgan fingerprint density at radius 1 is 1.00 bits per heavy atom. The number of nitrogens with one attached hydrogen (secondary N) is 2. The number of carbonyl (C=O) groups is 3. The van der Waals surface area contributed by atoms with Gasteiger partial charge in [-0.2, -0.15) is 0 Å². The van der Waals surface area contributed by atoms with Crippen molar-refractivity contribution in [3.8, 4) is 16.9 Å². The Bertz CT molecular complexity index is 1330. The molecule has 3 aromatic rings. The van der Waals surface area contributed by atoms with E-state index >= 15 is 0 Å². The smallest absolute Gasteiger partial charge is 0.407 e. The van der Waals surface area contributed by atoms with Gasteiger partial charge in [0.05, 0.1) is 19.2 Å². The average Bonchev–Trinajstić information content (AvgIpc) is 2.86. The van der Waals surface area contributed by atoms with Crippen molar-refractivity contribution in [3.05, 3.63) is 83.4 Å². The summed E-state index contributed by atoms with van der Waals surface area (Å²) in [6, 6.07) is 20.6. The summed E-state index contributed by atoms with van der Waals surface area (Å²) >= 11 is 0. The maximum atomic E-state index is 12.9. The first-order valence-electron chi connectivity index (χ1n) is 12.0. The number of esters is 1. The Labute approximate surface area is 215 Å². The van der Waals surface area contributed by atoms with E-state index < -0.39 is 23.8 Å². The zero-order chi connectivity index (χ0) is 26.6. The first-order chi connectivity index (χ1) is 17.6. The van der Waals surface area contributed by atoms with Crippen molar-refractivity contribution in [1.82, 2.24) is 5.32 Å². The molecule has 0 aromatic heterocycles. The largest absolute Gasteiger partial charge is 0.473 e. The zero-order valence-electron chi connectivity index (χ0n) is 21.3. The summed E-state index contributed by atoms with van der Waals surface area (Å²) in [6.45, 7) is 5.76. The number of anilines is 1. The minimum absolute atomic E-state index is 0.0342. The number of amides is 2. The maximum absolute atomic E-state index is 12.9. The topological polar surface area (TPSA) is 103 Å². The molecule has 8 nitrogen and oxygen atoms in total. The molecule has 2 amide bonds. The minimum atomic E-state index is -0.886. The Balaban J connectivity index is 1.54. The van der Waals surface area contributed by atoms with Crippen LogP contribution in [0.1, 0.15) is 43.6 Å². The molecule has 0 fully saturated rings. The van der Waals surface area contributed by atoms with Crippen molar-refractivity contribution < 1.29 is 28.6 Å². The maximum Gasteiger partial charge on any atom is 0.407 e. The predicted octanol–water partition coefficient (Wildman–Crippen LogP) is 5.17. The second-order valence-corrected chi connectivity index (χ2v) is 9.72. The lowest BCUT2D eigenvalue weighted by molar-refractivity contribution is -0.139. The number of rotatable bonds is 6. The standard InChI is InChI=1S/C29H30N2O6/c1-29(2,3)37-28(34)30-17-18-8-5-9-19(14-18)20-10-6-11-21(15-20)26-27(33)31-23-13-7-12-22(25(23)36-26)16-24(32)35-4/h5-15,26H,16-17H2,1-4H3,(H,30,34)(H,31,33). The Kier molecular flexibility index (Phi) is 7.47. The Morgan fingerprint density at radius 2 is 1.70 bits per heavy atom. The molecule has 3 aromatic carbocycles. The van der Waals surface area contributed by atoms with Crippen LogP contribution >= 0.6 is 0 Å².